The Bertz CT molecular complexity index is 1520. The Balaban J connectivity index is 1.46. The van der Waals surface area contributed by atoms with Crippen molar-refractivity contribution in [2.75, 3.05) is 5.32 Å². The Morgan fingerprint density at radius 2 is 2.18 bits per heavy atom. The molecular formula is C21H17ClFN9O. The number of aromatic nitrogens is 8. The van der Waals surface area contributed by atoms with Gasteiger partial charge in [0.1, 0.15) is 18.5 Å². The Morgan fingerprint density at radius 3 is 2.94 bits per heavy atom. The van der Waals surface area contributed by atoms with Gasteiger partial charge in [-0.1, -0.05) is 11.6 Å². The molecule has 12 heteroatoms. The van der Waals surface area contributed by atoms with E-state index in [2.05, 4.69) is 35.6 Å². The number of hydrogen-bond acceptors (Lipinski definition) is 6. The second kappa shape index (κ2) is 7.34. The first kappa shape index (κ1) is 19.8. The van der Waals surface area contributed by atoms with Crippen LogP contribution in [-0.2, 0) is 4.79 Å². The summed E-state index contributed by atoms with van der Waals surface area (Å²) in [6.45, 7) is 1.80. The normalized spacial score (nSPS) is 14.8. The van der Waals surface area contributed by atoms with Gasteiger partial charge >= 0.3 is 0 Å². The molecule has 1 aliphatic carbocycles. The molecule has 1 unspecified atom stereocenters. The van der Waals surface area contributed by atoms with Gasteiger partial charge in [-0.2, -0.15) is 10.2 Å². The van der Waals surface area contributed by atoms with E-state index in [1.54, 1.807) is 40.8 Å². The van der Waals surface area contributed by atoms with Crippen LogP contribution >= 0.6 is 11.6 Å². The van der Waals surface area contributed by atoms with E-state index in [1.807, 2.05) is 0 Å². The summed E-state index contributed by atoms with van der Waals surface area (Å²) in [6, 6.07) is -0.469. The lowest BCUT2D eigenvalue weighted by Gasteiger charge is -2.17. The van der Waals surface area contributed by atoms with Crippen molar-refractivity contribution in [2.24, 2.45) is 5.92 Å². The predicted molar refractivity (Wildman–Crippen MR) is 118 cm³/mol. The van der Waals surface area contributed by atoms with Crippen LogP contribution in [0.1, 0.15) is 31.4 Å². The van der Waals surface area contributed by atoms with E-state index < -0.39 is 11.9 Å². The third-order valence-electron chi connectivity index (χ3n) is 5.87. The molecule has 0 aliphatic heterocycles. The summed E-state index contributed by atoms with van der Waals surface area (Å²) < 4.78 is 18.9. The molecular weight excluding hydrogens is 449 g/mol. The van der Waals surface area contributed by atoms with Crippen LogP contribution < -0.4 is 5.32 Å². The predicted octanol–water partition coefficient (Wildman–Crippen LogP) is 3.61. The van der Waals surface area contributed by atoms with Crippen molar-refractivity contribution in [3.05, 3.63) is 53.8 Å². The summed E-state index contributed by atoms with van der Waals surface area (Å²) in [6.07, 6.45) is 11.2. The van der Waals surface area contributed by atoms with Gasteiger partial charge in [0.25, 0.3) is 0 Å². The molecule has 1 saturated carbocycles. The van der Waals surface area contributed by atoms with Crippen LogP contribution in [0, 0.1) is 11.7 Å². The van der Waals surface area contributed by atoms with Crippen LogP contribution in [0.2, 0.25) is 5.02 Å². The number of H-pyrrole nitrogens is 1. The lowest BCUT2D eigenvalue weighted by molar-refractivity contribution is -0.117. The van der Waals surface area contributed by atoms with Gasteiger partial charge in [-0.05, 0) is 19.8 Å². The summed E-state index contributed by atoms with van der Waals surface area (Å²) in [5.74, 6) is -0.114. The Kier molecular flexibility index (Phi) is 4.40. The highest BCUT2D eigenvalue weighted by atomic mass is 35.5. The van der Waals surface area contributed by atoms with E-state index in [9.17, 15) is 4.79 Å². The molecule has 4 aromatic heterocycles. The minimum atomic E-state index is -0.587. The van der Waals surface area contributed by atoms with Gasteiger partial charge in [0.05, 0.1) is 40.9 Å². The largest absolute Gasteiger partial charge is 0.309 e. The summed E-state index contributed by atoms with van der Waals surface area (Å²) >= 11 is 6.56. The zero-order valence-corrected chi connectivity index (χ0v) is 18.1. The second-order valence-corrected chi connectivity index (χ2v) is 8.43. The minimum Gasteiger partial charge on any atom is -0.309 e. The van der Waals surface area contributed by atoms with Gasteiger partial charge < -0.3 is 9.72 Å². The maximum atomic E-state index is 15.6. The SMILES string of the molecule is CC(c1c(F)c(Cl)c(-c2cn3cc(NC(=O)C4CC4)nc3cn2)c2cn[nH]c12)n1cncn1. The van der Waals surface area contributed by atoms with Crippen LogP contribution in [0.5, 0.6) is 0 Å². The molecule has 1 amide bonds. The van der Waals surface area contributed by atoms with Gasteiger partial charge in [-0.25, -0.2) is 19.0 Å². The van der Waals surface area contributed by atoms with Gasteiger partial charge in [-0.15, -0.1) is 0 Å². The summed E-state index contributed by atoms with van der Waals surface area (Å²) in [7, 11) is 0. The van der Waals surface area contributed by atoms with Crippen LogP contribution in [0.3, 0.4) is 0 Å². The number of nitrogens with one attached hydrogen (secondary N) is 2. The Morgan fingerprint density at radius 1 is 1.33 bits per heavy atom. The fourth-order valence-corrected chi connectivity index (χ4v) is 4.29. The highest BCUT2D eigenvalue weighted by molar-refractivity contribution is 6.35. The monoisotopic (exact) mass is 465 g/mol. The van der Waals surface area contributed by atoms with Gasteiger partial charge in [-0.3, -0.25) is 14.9 Å². The lowest BCUT2D eigenvalue weighted by atomic mass is 9.98. The molecule has 4 heterocycles. The second-order valence-electron chi connectivity index (χ2n) is 8.05. The first-order chi connectivity index (χ1) is 16.0. The van der Waals surface area contributed by atoms with Crippen molar-refractivity contribution in [2.45, 2.75) is 25.8 Å². The molecule has 1 aliphatic rings. The van der Waals surface area contributed by atoms with Gasteiger partial charge in [0, 0.05) is 28.6 Å². The number of amides is 1. The zero-order chi connectivity index (χ0) is 22.7. The van der Waals surface area contributed by atoms with Crippen molar-refractivity contribution in [1.29, 1.82) is 0 Å². The van der Waals surface area contributed by atoms with Crippen molar-refractivity contribution >= 4 is 39.9 Å². The number of anilines is 1. The van der Waals surface area contributed by atoms with Gasteiger partial charge in [0.15, 0.2) is 11.5 Å². The number of fused-ring (bicyclic) bond motifs is 2. The molecule has 1 aromatic carbocycles. The summed E-state index contributed by atoms with van der Waals surface area (Å²) in [5.41, 5.74) is 2.22. The highest BCUT2D eigenvalue weighted by Gasteiger charge is 2.30. The molecule has 10 nitrogen and oxygen atoms in total. The number of benzene rings is 1. The van der Waals surface area contributed by atoms with Crippen molar-refractivity contribution in [3.63, 3.8) is 0 Å². The fraction of sp³-hybridized carbons (Fsp3) is 0.238. The van der Waals surface area contributed by atoms with Crippen LogP contribution in [0.25, 0.3) is 27.8 Å². The fourth-order valence-electron chi connectivity index (χ4n) is 3.99. The molecule has 0 saturated heterocycles. The van der Waals surface area contributed by atoms with Crippen LogP contribution in [0.4, 0.5) is 10.2 Å². The number of carbonyl (C=O) groups is 1. The highest BCUT2D eigenvalue weighted by Crippen LogP contribution is 2.41. The molecule has 5 aromatic rings. The Hall–Kier alpha value is -3.86. The lowest BCUT2D eigenvalue weighted by Crippen LogP contribution is -2.13. The molecule has 2 N–H and O–H groups in total. The number of nitrogens with zero attached hydrogens (tertiary/aromatic N) is 7. The maximum Gasteiger partial charge on any atom is 0.228 e. The molecule has 6 rings (SSSR count). The molecule has 33 heavy (non-hydrogen) atoms. The zero-order valence-electron chi connectivity index (χ0n) is 17.3. The van der Waals surface area contributed by atoms with E-state index in [-0.39, 0.29) is 16.8 Å². The number of halogens is 2. The van der Waals surface area contributed by atoms with Gasteiger partial charge in [0.2, 0.25) is 5.91 Å². The smallest absolute Gasteiger partial charge is 0.228 e. The quantitative estimate of drug-likeness (QED) is 0.409. The van der Waals surface area contributed by atoms with E-state index in [1.165, 1.54) is 12.7 Å². The summed E-state index contributed by atoms with van der Waals surface area (Å²) in [5, 5.41) is 14.5. The average Bonchev–Trinajstić information content (AvgIpc) is 3.16. The first-order valence-corrected chi connectivity index (χ1v) is 10.7. The number of hydrogen-bond donors (Lipinski definition) is 2. The number of aromatic amines is 1. The van der Waals surface area contributed by atoms with Crippen molar-refractivity contribution < 1.29 is 9.18 Å². The van der Waals surface area contributed by atoms with E-state index in [4.69, 9.17) is 11.6 Å². The van der Waals surface area contributed by atoms with E-state index in [0.717, 1.165) is 12.8 Å². The van der Waals surface area contributed by atoms with Crippen LogP contribution in [0.15, 0.2) is 37.4 Å². The number of rotatable bonds is 5. The molecule has 1 atom stereocenters. The van der Waals surface area contributed by atoms with E-state index in [0.29, 0.717) is 39.2 Å². The molecule has 166 valence electrons. The Labute approximate surface area is 190 Å². The minimum absolute atomic E-state index is 0.0334. The third kappa shape index (κ3) is 3.23. The third-order valence-corrected chi connectivity index (χ3v) is 6.23. The summed E-state index contributed by atoms with van der Waals surface area (Å²) in [4.78, 5) is 24.8. The van der Waals surface area contributed by atoms with E-state index >= 15 is 4.39 Å². The van der Waals surface area contributed by atoms with Crippen LogP contribution in [-0.4, -0.2) is 45.2 Å². The number of imidazole rings is 1. The molecule has 0 bridgehead atoms. The number of carbonyl (C=O) groups excluding carboxylic acids is 1. The van der Waals surface area contributed by atoms with Crippen molar-refractivity contribution in [3.8, 4) is 11.3 Å². The standard InChI is InChI=1S/C21H17ClFN9O/c1-10(32-9-24-8-27-32)16-19(23)18(22)17(12-4-26-30-20(12)16)13-6-31-7-14(28-15(31)5-25-13)29-21(33)11-2-3-11/h4-11H,2-3H2,1H3,(H,26,30)(H,29,33). The topological polar surface area (TPSA) is 119 Å². The maximum absolute atomic E-state index is 15.6. The first-order valence-electron chi connectivity index (χ1n) is 10.3. The molecule has 1 fully saturated rings. The average molecular weight is 466 g/mol. The van der Waals surface area contributed by atoms with Crippen molar-refractivity contribution in [1.82, 2.24) is 39.3 Å². The molecule has 0 radical (unpaired) electrons. The molecule has 0 spiro atoms.